The summed E-state index contributed by atoms with van der Waals surface area (Å²) >= 11 is 0. The normalized spacial score (nSPS) is 11.5. The van der Waals surface area contributed by atoms with Crippen molar-refractivity contribution in [3.05, 3.63) is 65.7 Å². The number of benzene rings is 2. The fraction of sp³-hybridized carbons (Fsp3) is 0.350. The van der Waals surface area contributed by atoms with Gasteiger partial charge in [-0.15, -0.1) is 12.4 Å². The second-order valence-corrected chi connectivity index (χ2v) is 6.16. The molecule has 0 spiro atoms. The molecule has 0 aliphatic carbocycles. The van der Waals surface area contributed by atoms with Crippen molar-refractivity contribution in [1.29, 1.82) is 0 Å². The van der Waals surface area contributed by atoms with E-state index < -0.39 is 6.04 Å². The minimum absolute atomic E-state index is 0. The van der Waals surface area contributed by atoms with Gasteiger partial charge in [-0.2, -0.15) is 0 Å². The van der Waals surface area contributed by atoms with Crippen molar-refractivity contribution in [2.75, 3.05) is 13.2 Å². The summed E-state index contributed by atoms with van der Waals surface area (Å²) in [5.41, 5.74) is 8.27. The Morgan fingerprint density at radius 3 is 2.32 bits per heavy atom. The van der Waals surface area contributed by atoms with Crippen LogP contribution in [0.5, 0.6) is 5.75 Å². The van der Waals surface area contributed by atoms with Gasteiger partial charge in [0.2, 0.25) is 5.91 Å². The van der Waals surface area contributed by atoms with Crippen LogP contribution in [0.1, 0.15) is 30.9 Å². The standard InChI is InChI=1S/C20H26N2O2.ClH/c1-15(2)17-8-10-18(11-9-17)24-13-12-22-20(23)19(21)14-16-6-4-3-5-7-16;/h3-11,15,19H,12-14,21H2,1-2H3,(H,22,23);1H/t19-;/m0./s1. The van der Waals surface area contributed by atoms with Crippen LogP contribution >= 0.6 is 12.4 Å². The van der Waals surface area contributed by atoms with Crippen LogP contribution in [0.25, 0.3) is 0 Å². The number of amides is 1. The number of nitrogens with one attached hydrogen (secondary N) is 1. The summed E-state index contributed by atoms with van der Waals surface area (Å²) in [6.45, 7) is 5.17. The van der Waals surface area contributed by atoms with Crippen LogP contribution < -0.4 is 15.8 Å². The zero-order valence-electron chi connectivity index (χ0n) is 14.8. The molecular formula is C20H27ClN2O2. The Balaban J connectivity index is 0.00000312. The first kappa shape index (κ1) is 21.0. The molecule has 4 nitrogen and oxygen atoms in total. The first-order chi connectivity index (χ1) is 11.6. The van der Waals surface area contributed by atoms with Crippen molar-refractivity contribution in [2.24, 2.45) is 5.73 Å². The van der Waals surface area contributed by atoms with Crippen molar-refractivity contribution < 1.29 is 9.53 Å². The van der Waals surface area contributed by atoms with Crippen LogP contribution in [-0.4, -0.2) is 25.1 Å². The molecule has 0 saturated heterocycles. The number of carbonyl (C=O) groups excluding carboxylic acids is 1. The van der Waals surface area contributed by atoms with Crippen molar-refractivity contribution in [3.63, 3.8) is 0 Å². The zero-order chi connectivity index (χ0) is 17.4. The molecule has 0 heterocycles. The van der Waals surface area contributed by atoms with Gasteiger partial charge in [-0.3, -0.25) is 4.79 Å². The van der Waals surface area contributed by atoms with Gasteiger partial charge in [-0.25, -0.2) is 0 Å². The van der Waals surface area contributed by atoms with Crippen molar-refractivity contribution in [2.45, 2.75) is 32.2 Å². The van der Waals surface area contributed by atoms with Gasteiger partial charge in [-0.1, -0.05) is 56.3 Å². The third-order valence-electron chi connectivity index (χ3n) is 3.85. The molecule has 0 radical (unpaired) electrons. The lowest BCUT2D eigenvalue weighted by atomic mass is 10.0. The lowest BCUT2D eigenvalue weighted by Crippen LogP contribution is -2.43. The van der Waals surface area contributed by atoms with Gasteiger partial charge in [0.15, 0.2) is 0 Å². The molecule has 136 valence electrons. The summed E-state index contributed by atoms with van der Waals surface area (Å²) < 4.78 is 5.63. The Kier molecular flexibility index (Phi) is 9.03. The molecule has 25 heavy (non-hydrogen) atoms. The van der Waals surface area contributed by atoms with Crippen LogP contribution in [0.4, 0.5) is 0 Å². The molecule has 0 aromatic heterocycles. The van der Waals surface area contributed by atoms with Gasteiger partial charge in [0.05, 0.1) is 12.6 Å². The molecule has 0 aliphatic heterocycles. The summed E-state index contributed by atoms with van der Waals surface area (Å²) in [6, 6.07) is 17.3. The number of hydrogen-bond acceptors (Lipinski definition) is 3. The highest BCUT2D eigenvalue weighted by Gasteiger charge is 2.13. The third-order valence-corrected chi connectivity index (χ3v) is 3.85. The van der Waals surface area contributed by atoms with Gasteiger partial charge in [0.1, 0.15) is 12.4 Å². The van der Waals surface area contributed by atoms with E-state index in [9.17, 15) is 4.79 Å². The van der Waals surface area contributed by atoms with E-state index in [1.165, 1.54) is 5.56 Å². The Hall–Kier alpha value is -2.04. The Morgan fingerprint density at radius 1 is 1.08 bits per heavy atom. The lowest BCUT2D eigenvalue weighted by Gasteiger charge is -2.13. The number of halogens is 1. The number of nitrogens with two attached hydrogens (primary N) is 1. The maximum Gasteiger partial charge on any atom is 0.237 e. The quantitative estimate of drug-likeness (QED) is 0.708. The molecule has 2 aromatic rings. The van der Waals surface area contributed by atoms with Crippen molar-refractivity contribution in [1.82, 2.24) is 5.32 Å². The Bertz CT molecular complexity index is 630. The van der Waals surface area contributed by atoms with E-state index in [4.69, 9.17) is 10.5 Å². The average molecular weight is 363 g/mol. The maximum absolute atomic E-state index is 12.0. The monoisotopic (exact) mass is 362 g/mol. The second-order valence-electron chi connectivity index (χ2n) is 6.16. The maximum atomic E-state index is 12.0. The predicted octanol–water partition coefficient (Wildman–Crippen LogP) is 3.30. The van der Waals surface area contributed by atoms with Crippen LogP contribution in [0.2, 0.25) is 0 Å². The number of carbonyl (C=O) groups is 1. The van der Waals surface area contributed by atoms with Gasteiger partial charge in [-0.05, 0) is 35.6 Å². The molecule has 0 unspecified atom stereocenters. The van der Waals surface area contributed by atoms with E-state index in [2.05, 4.69) is 31.3 Å². The molecule has 0 bridgehead atoms. The summed E-state index contributed by atoms with van der Waals surface area (Å²) in [5.74, 6) is 1.16. The SMILES string of the molecule is CC(C)c1ccc(OCCNC(=O)[C@@H](N)Cc2ccccc2)cc1.Cl. The molecule has 0 aliphatic rings. The van der Waals surface area contributed by atoms with Crippen LogP contribution in [0.3, 0.4) is 0 Å². The number of hydrogen-bond donors (Lipinski definition) is 2. The zero-order valence-corrected chi connectivity index (χ0v) is 15.6. The fourth-order valence-electron chi connectivity index (χ4n) is 2.38. The minimum atomic E-state index is -0.544. The third kappa shape index (κ3) is 7.16. The minimum Gasteiger partial charge on any atom is -0.492 e. The van der Waals surface area contributed by atoms with E-state index in [0.29, 0.717) is 25.5 Å². The molecule has 5 heteroatoms. The topological polar surface area (TPSA) is 64.3 Å². The average Bonchev–Trinajstić information content (AvgIpc) is 2.59. The van der Waals surface area contributed by atoms with Crippen LogP contribution in [-0.2, 0) is 11.2 Å². The number of rotatable bonds is 8. The summed E-state index contributed by atoms with van der Waals surface area (Å²) in [4.78, 5) is 12.0. The van der Waals surface area contributed by atoms with E-state index in [0.717, 1.165) is 11.3 Å². The molecule has 2 rings (SSSR count). The summed E-state index contributed by atoms with van der Waals surface area (Å²) in [6.07, 6.45) is 0.532. The highest BCUT2D eigenvalue weighted by atomic mass is 35.5. The second kappa shape index (κ2) is 10.7. The van der Waals surface area contributed by atoms with Crippen LogP contribution in [0.15, 0.2) is 54.6 Å². The molecule has 3 N–H and O–H groups in total. The van der Waals surface area contributed by atoms with Crippen molar-refractivity contribution in [3.8, 4) is 5.75 Å². The van der Waals surface area contributed by atoms with Gasteiger partial charge in [0, 0.05) is 0 Å². The van der Waals surface area contributed by atoms with E-state index in [1.54, 1.807) is 0 Å². The predicted molar refractivity (Wildman–Crippen MR) is 104 cm³/mol. The van der Waals surface area contributed by atoms with Gasteiger partial charge < -0.3 is 15.8 Å². The summed E-state index contributed by atoms with van der Waals surface area (Å²) in [7, 11) is 0. The molecular weight excluding hydrogens is 336 g/mol. The molecule has 2 aromatic carbocycles. The first-order valence-corrected chi connectivity index (χ1v) is 8.36. The number of ether oxygens (including phenoxy) is 1. The van der Waals surface area contributed by atoms with E-state index >= 15 is 0 Å². The summed E-state index contributed by atoms with van der Waals surface area (Å²) in [5, 5.41) is 2.81. The van der Waals surface area contributed by atoms with Gasteiger partial charge in [0.25, 0.3) is 0 Å². The lowest BCUT2D eigenvalue weighted by molar-refractivity contribution is -0.122. The van der Waals surface area contributed by atoms with E-state index in [-0.39, 0.29) is 18.3 Å². The molecule has 1 amide bonds. The fourth-order valence-corrected chi connectivity index (χ4v) is 2.38. The van der Waals surface area contributed by atoms with Crippen molar-refractivity contribution >= 4 is 18.3 Å². The molecule has 0 fully saturated rings. The largest absolute Gasteiger partial charge is 0.492 e. The smallest absolute Gasteiger partial charge is 0.237 e. The highest BCUT2D eigenvalue weighted by molar-refractivity contribution is 5.85. The Labute approximate surface area is 156 Å². The highest BCUT2D eigenvalue weighted by Crippen LogP contribution is 2.18. The Morgan fingerprint density at radius 2 is 1.72 bits per heavy atom. The van der Waals surface area contributed by atoms with E-state index in [1.807, 2.05) is 42.5 Å². The van der Waals surface area contributed by atoms with Crippen LogP contribution in [0, 0.1) is 0 Å². The van der Waals surface area contributed by atoms with Gasteiger partial charge >= 0.3 is 0 Å². The molecule has 0 saturated carbocycles. The first-order valence-electron chi connectivity index (χ1n) is 8.36. The molecule has 1 atom stereocenters.